The predicted octanol–water partition coefficient (Wildman–Crippen LogP) is 2.77. The van der Waals surface area contributed by atoms with Crippen molar-refractivity contribution in [3.8, 4) is 5.75 Å². The molecule has 0 saturated heterocycles. The Kier molecular flexibility index (Phi) is 4.55. The zero-order valence-electron chi connectivity index (χ0n) is 11.4. The third-order valence-electron chi connectivity index (χ3n) is 2.70. The molecule has 0 saturated carbocycles. The number of aromatic amines is 1. The molecule has 0 fully saturated rings. The summed E-state index contributed by atoms with van der Waals surface area (Å²) in [5.74, 6) is 0.803. The van der Waals surface area contributed by atoms with E-state index in [2.05, 4.69) is 9.97 Å². The monoisotopic (exact) mass is 272 g/mol. The standard InChI is InChI=1S/C15H16N2O3/c1-3-20-15(18)14-11(5-4-6-12(14)19-2)7-8-13-16-9-10-17-13/h4-10H,3H2,1-2H3,(H,16,17)/b8-7+. The van der Waals surface area contributed by atoms with Gasteiger partial charge in [0.1, 0.15) is 17.1 Å². The van der Waals surface area contributed by atoms with Gasteiger partial charge in [-0.25, -0.2) is 9.78 Å². The largest absolute Gasteiger partial charge is 0.496 e. The molecular weight excluding hydrogens is 256 g/mol. The van der Waals surface area contributed by atoms with Gasteiger partial charge in [-0.1, -0.05) is 18.2 Å². The number of carbonyl (C=O) groups excluding carboxylic acids is 1. The minimum Gasteiger partial charge on any atom is -0.496 e. The summed E-state index contributed by atoms with van der Waals surface area (Å²) in [4.78, 5) is 19.1. The van der Waals surface area contributed by atoms with Gasteiger partial charge in [0.15, 0.2) is 0 Å². The van der Waals surface area contributed by atoms with E-state index < -0.39 is 5.97 Å². The van der Waals surface area contributed by atoms with Crippen LogP contribution in [0.3, 0.4) is 0 Å². The first-order valence-electron chi connectivity index (χ1n) is 6.27. The van der Waals surface area contributed by atoms with Crippen LogP contribution in [0.25, 0.3) is 12.2 Å². The first-order chi connectivity index (χ1) is 9.76. The van der Waals surface area contributed by atoms with Gasteiger partial charge in [0, 0.05) is 12.4 Å². The number of ether oxygens (including phenoxy) is 2. The number of hydrogen-bond donors (Lipinski definition) is 1. The second-order valence-electron chi connectivity index (χ2n) is 3.95. The van der Waals surface area contributed by atoms with E-state index in [0.717, 1.165) is 5.56 Å². The Morgan fingerprint density at radius 3 is 2.90 bits per heavy atom. The van der Waals surface area contributed by atoms with E-state index in [0.29, 0.717) is 23.7 Å². The molecule has 5 nitrogen and oxygen atoms in total. The number of nitrogens with one attached hydrogen (secondary N) is 1. The van der Waals surface area contributed by atoms with Gasteiger partial charge in [0.25, 0.3) is 0 Å². The van der Waals surface area contributed by atoms with Crippen molar-refractivity contribution in [2.45, 2.75) is 6.92 Å². The Balaban J connectivity index is 2.39. The van der Waals surface area contributed by atoms with E-state index in [1.807, 2.05) is 12.1 Å². The lowest BCUT2D eigenvalue weighted by Gasteiger charge is -2.10. The molecule has 0 radical (unpaired) electrons. The van der Waals surface area contributed by atoms with Gasteiger partial charge in [-0.05, 0) is 24.6 Å². The molecule has 1 N–H and O–H groups in total. The average molecular weight is 272 g/mol. The molecule has 1 aromatic heterocycles. The topological polar surface area (TPSA) is 64.2 Å². The molecule has 0 aliphatic rings. The lowest BCUT2D eigenvalue weighted by molar-refractivity contribution is 0.0522. The van der Waals surface area contributed by atoms with Crippen LogP contribution in [0.4, 0.5) is 0 Å². The van der Waals surface area contributed by atoms with Crippen LogP contribution in [-0.4, -0.2) is 29.7 Å². The van der Waals surface area contributed by atoms with Crippen molar-refractivity contribution in [3.63, 3.8) is 0 Å². The Hall–Kier alpha value is -2.56. The molecule has 0 amide bonds. The lowest BCUT2D eigenvalue weighted by atomic mass is 10.1. The molecule has 5 heteroatoms. The number of nitrogens with zero attached hydrogens (tertiary/aromatic N) is 1. The van der Waals surface area contributed by atoms with Gasteiger partial charge < -0.3 is 14.5 Å². The summed E-state index contributed by atoms with van der Waals surface area (Å²) in [6, 6.07) is 5.38. The number of methoxy groups -OCH3 is 1. The number of aromatic nitrogens is 2. The fourth-order valence-electron chi connectivity index (χ4n) is 1.82. The van der Waals surface area contributed by atoms with E-state index in [1.165, 1.54) is 7.11 Å². The van der Waals surface area contributed by atoms with Crippen LogP contribution in [0.15, 0.2) is 30.6 Å². The number of benzene rings is 1. The first-order valence-corrected chi connectivity index (χ1v) is 6.27. The summed E-state index contributed by atoms with van der Waals surface area (Å²) in [6.45, 7) is 2.09. The highest BCUT2D eigenvalue weighted by Gasteiger charge is 2.16. The zero-order valence-corrected chi connectivity index (χ0v) is 11.4. The van der Waals surface area contributed by atoms with Gasteiger partial charge >= 0.3 is 5.97 Å². The normalized spacial score (nSPS) is 10.7. The van der Waals surface area contributed by atoms with Crippen LogP contribution >= 0.6 is 0 Å². The minimum absolute atomic E-state index is 0.318. The van der Waals surface area contributed by atoms with Gasteiger partial charge in [-0.3, -0.25) is 0 Å². The second kappa shape index (κ2) is 6.56. The highest BCUT2D eigenvalue weighted by atomic mass is 16.5. The second-order valence-corrected chi connectivity index (χ2v) is 3.95. The third-order valence-corrected chi connectivity index (χ3v) is 2.70. The highest BCUT2D eigenvalue weighted by molar-refractivity contribution is 5.97. The Labute approximate surface area is 117 Å². The summed E-state index contributed by atoms with van der Waals surface area (Å²) in [7, 11) is 1.53. The number of hydrogen-bond acceptors (Lipinski definition) is 4. The van der Waals surface area contributed by atoms with E-state index in [1.54, 1.807) is 37.5 Å². The fraction of sp³-hybridized carbons (Fsp3) is 0.200. The molecule has 2 aromatic rings. The number of imidazole rings is 1. The van der Waals surface area contributed by atoms with Crippen molar-refractivity contribution in [2.24, 2.45) is 0 Å². The molecule has 1 aromatic carbocycles. The number of H-pyrrole nitrogens is 1. The van der Waals surface area contributed by atoms with Crippen molar-refractivity contribution in [1.82, 2.24) is 9.97 Å². The van der Waals surface area contributed by atoms with Crippen LogP contribution in [0, 0.1) is 0 Å². The molecule has 104 valence electrons. The fourth-order valence-corrected chi connectivity index (χ4v) is 1.82. The average Bonchev–Trinajstić information content (AvgIpc) is 2.98. The van der Waals surface area contributed by atoms with Crippen LogP contribution in [0.1, 0.15) is 28.7 Å². The minimum atomic E-state index is -0.399. The molecule has 1 heterocycles. The Bertz CT molecular complexity index is 604. The van der Waals surface area contributed by atoms with E-state index in [9.17, 15) is 4.79 Å². The molecule has 2 rings (SSSR count). The maximum Gasteiger partial charge on any atom is 0.342 e. The number of rotatable bonds is 5. The molecule has 0 atom stereocenters. The maximum absolute atomic E-state index is 12.0. The molecule has 0 aliphatic carbocycles. The molecule has 0 spiro atoms. The summed E-state index contributed by atoms with van der Waals surface area (Å²) in [5.41, 5.74) is 1.14. The number of esters is 1. The number of carbonyl (C=O) groups is 1. The summed E-state index contributed by atoms with van der Waals surface area (Å²) >= 11 is 0. The Morgan fingerprint density at radius 1 is 1.40 bits per heavy atom. The summed E-state index contributed by atoms with van der Waals surface area (Å²) in [6.07, 6.45) is 6.99. The summed E-state index contributed by atoms with van der Waals surface area (Å²) < 4.78 is 10.3. The quantitative estimate of drug-likeness (QED) is 0.850. The van der Waals surface area contributed by atoms with Crippen LogP contribution in [-0.2, 0) is 4.74 Å². The van der Waals surface area contributed by atoms with Crippen molar-refractivity contribution >= 4 is 18.1 Å². The summed E-state index contributed by atoms with van der Waals surface area (Å²) in [5, 5.41) is 0. The van der Waals surface area contributed by atoms with Crippen LogP contribution in [0.2, 0.25) is 0 Å². The van der Waals surface area contributed by atoms with E-state index in [-0.39, 0.29) is 0 Å². The van der Waals surface area contributed by atoms with E-state index in [4.69, 9.17) is 9.47 Å². The van der Waals surface area contributed by atoms with Crippen molar-refractivity contribution < 1.29 is 14.3 Å². The van der Waals surface area contributed by atoms with Crippen molar-refractivity contribution in [2.75, 3.05) is 13.7 Å². The smallest absolute Gasteiger partial charge is 0.342 e. The zero-order chi connectivity index (χ0) is 14.4. The highest BCUT2D eigenvalue weighted by Crippen LogP contribution is 2.24. The third kappa shape index (κ3) is 3.06. The Morgan fingerprint density at radius 2 is 2.25 bits per heavy atom. The van der Waals surface area contributed by atoms with E-state index >= 15 is 0 Å². The van der Waals surface area contributed by atoms with Crippen molar-refractivity contribution in [1.29, 1.82) is 0 Å². The SMILES string of the molecule is CCOC(=O)c1c(/C=C/c2ncc[nH]2)cccc1OC. The van der Waals surface area contributed by atoms with Crippen LogP contribution < -0.4 is 4.74 Å². The molecule has 0 aliphatic heterocycles. The molecule has 20 heavy (non-hydrogen) atoms. The molecule has 0 unspecified atom stereocenters. The van der Waals surface area contributed by atoms with Gasteiger partial charge in [0.05, 0.1) is 13.7 Å². The van der Waals surface area contributed by atoms with Gasteiger partial charge in [-0.2, -0.15) is 0 Å². The van der Waals surface area contributed by atoms with Crippen LogP contribution in [0.5, 0.6) is 5.75 Å². The van der Waals surface area contributed by atoms with Gasteiger partial charge in [0.2, 0.25) is 0 Å². The first kappa shape index (κ1) is 13.9. The maximum atomic E-state index is 12.0. The predicted molar refractivity (Wildman–Crippen MR) is 76.5 cm³/mol. The van der Waals surface area contributed by atoms with Gasteiger partial charge in [-0.15, -0.1) is 0 Å². The lowest BCUT2D eigenvalue weighted by Crippen LogP contribution is -2.08. The molecular formula is C15H16N2O3. The molecule has 0 bridgehead atoms. The van der Waals surface area contributed by atoms with Crippen molar-refractivity contribution in [3.05, 3.63) is 47.5 Å².